The number of alkyl halides is 1. The number of nitrogens with zero attached hydrogens (tertiary/aromatic N) is 1. The molecule has 0 spiro atoms. The molecule has 2 aromatic rings. The molecule has 1 aliphatic rings. The molecule has 22 heavy (non-hydrogen) atoms. The van der Waals surface area contributed by atoms with E-state index in [1.807, 2.05) is 54.6 Å². The van der Waals surface area contributed by atoms with Crippen molar-refractivity contribution in [1.82, 2.24) is 0 Å². The Balaban J connectivity index is 1.64. The maximum atomic E-state index is 12.2. The molecule has 114 valence electrons. The summed E-state index contributed by atoms with van der Waals surface area (Å²) in [4.78, 5) is 14.6. The molecular formula is C18H19ClN2O. The number of hydrogen-bond donors (Lipinski definition) is 1. The van der Waals surface area contributed by atoms with Crippen LogP contribution in [-0.2, 0) is 4.79 Å². The average Bonchev–Trinajstić information content (AvgIpc) is 3.10. The lowest BCUT2D eigenvalue weighted by molar-refractivity contribution is -0.116. The maximum absolute atomic E-state index is 12.2. The zero-order valence-electron chi connectivity index (χ0n) is 12.3. The Morgan fingerprint density at radius 1 is 1.00 bits per heavy atom. The lowest BCUT2D eigenvalue weighted by atomic mass is 10.1. The topological polar surface area (TPSA) is 32.3 Å². The molecule has 3 rings (SSSR count). The maximum Gasteiger partial charge on any atom is 0.246 e. The highest BCUT2D eigenvalue weighted by molar-refractivity contribution is 6.32. The Morgan fingerprint density at radius 2 is 1.64 bits per heavy atom. The van der Waals surface area contributed by atoms with Gasteiger partial charge in [0, 0.05) is 24.5 Å². The summed E-state index contributed by atoms with van der Waals surface area (Å²) in [6.45, 7) is 2.23. The number of rotatable bonds is 4. The normalized spacial score (nSPS) is 15.6. The smallest absolute Gasteiger partial charge is 0.246 e. The van der Waals surface area contributed by atoms with E-state index in [2.05, 4.69) is 10.2 Å². The molecule has 3 nitrogen and oxygen atoms in total. The second-order valence-electron chi connectivity index (χ2n) is 5.50. The van der Waals surface area contributed by atoms with Gasteiger partial charge in [-0.15, -0.1) is 11.6 Å². The minimum absolute atomic E-state index is 0.207. The van der Waals surface area contributed by atoms with Crippen LogP contribution < -0.4 is 10.2 Å². The summed E-state index contributed by atoms with van der Waals surface area (Å²) in [6.07, 6.45) is 2.51. The quantitative estimate of drug-likeness (QED) is 0.858. The third-order valence-corrected chi connectivity index (χ3v) is 4.38. The number of amides is 1. The first-order valence-electron chi connectivity index (χ1n) is 7.59. The molecule has 0 aliphatic carbocycles. The largest absolute Gasteiger partial charge is 0.372 e. The highest BCUT2D eigenvalue weighted by atomic mass is 35.5. The van der Waals surface area contributed by atoms with Crippen LogP contribution in [-0.4, -0.2) is 19.0 Å². The van der Waals surface area contributed by atoms with Gasteiger partial charge in [0.2, 0.25) is 5.91 Å². The molecule has 0 saturated carbocycles. The molecule has 1 aliphatic heterocycles. The molecule has 0 bridgehead atoms. The van der Waals surface area contributed by atoms with Crippen molar-refractivity contribution < 1.29 is 4.79 Å². The van der Waals surface area contributed by atoms with Crippen molar-refractivity contribution in [3.05, 3.63) is 60.2 Å². The van der Waals surface area contributed by atoms with Crippen LogP contribution in [0.15, 0.2) is 54.6 Å². The predicted molar refractivity (Wildman–Crippen MR) is 91.6 cm³/mol. The van der Waals surface area contributed by atoms with E-state index in [0.717, 1.165) is 24.3 Å². The van der Waals surface area contributed by atoms with Crippen LogP contribution in [0.25, 0.3) is 0 Å². The van der Waals surface area contributed by atoms with Crippen LogP contribution in [0.1, 0.15) is 23.8 Å². The van der Waals surface area contributed by atoms with Crippen LogP contribution in [0.3, 0.4) is 0 Å². The van der Waals surface area contributed by atoms with Crippen molar-refractivity contribution in [2.75, 3.05) is 23.3 Å². The molecule has 1 saturated heterocycles. The molecular weight excluding hydrogens is 296 g/mol. The third kappa shape index (κ3) is 3.42. The molecule has 4 heteroatoms. The van der Waals surface area contributed by atoms with Crippen LogP contribution in [0.4, 0.5) is 11.4 Å². The van der Waals surface area contributed by atoms with Crippen molar-refractivity contribution in [1.29, 1.82) is 0 Å². The summed E-state index contributed by atoms with van der Waals surface area (Å²) in [5.74, 6) is -0.207. The Bertz CT molecular complexity index is 621. The Morgan fingerprint density at radius 3 is 2.27 bits per heavy atom. The monoisotopic (exact) mass is 314 g/mol. The average molecular weight is 315 g/mol. The van der Waals surface area contributed by atoms with Gasteiger partial charge in [-0.25, -0.2) is 0 Å². The SMILES string of the molecule is O=C(Nc1ccc(N2CCCC2)cc1)[C@H](Cl)c1ccccc1. The van der Waals surface area contributed by atoms with Crippen molar-refractivity contribution in [3.63, 3.8) is 0 Å². The molecule has 0 aromatic heterocycles. The van der Waals surface area contributed by atoms with Gasteiger partial charge in [0.15, 0.2) is 0 Å². The second kappa shape index (κ2) is 6.84. The van der Waals surface area contributed by atoms with Crippen LogP contribution in [0.2, 0.25) is 0 Å². The third-order valence-electron chi connectivity index (χ3n) is 3.93. The van der Waals surface area contributed by atoms with Gasteiger partial charge in [-0.1, -0.05) is 30.3 Å². The highest BCUT2D eigenvalue weighted by Crippen LogP contribution is 2.25. The zero-order valence-corrected chi connectivity index (χ0v) is 13.1. The number of benzene rings is 2. The first-order valence-corrected chi connectivity index (χ1v) is 8.02. The number of anilines is 2. The molecule has 1 heterocycles. The van der Waals surface area contributed by atoms with Crippen molar-refractivity contribution >= 4 is 28.9 Å². The summed E-state index contributed by atoms with van der Waals surface area (Å²) < 4.78 is 0. The van der Waals surface area contributed by atoms with Crippen molar-refractivity contribution in [3.8, 4) is 0 Å². The molecule has 2 aromatic carbocycles. The van der Waals surface area contributed by atoms with E-state index in [4.69, 9.17) is 11.6 Å². The number of halogens is 1. The van der Waals surface area contributed by atoms with Gasteiger partial charge in [-0.3, -0.25) is 4.79 Å². The molecule has 1 atom stereocenters. The lowest BCUT2D eigenvalue weighted by Crippen LogP contribution is -2.18. The van der Waals surface area contributed by atoms with Crippen LogP contribution in [0, 0.1) is 0 Å². The Labute approximate surface area is 135 Å². The Kier molecular flexibility index (Phi) is 4.64. The van der Waals surface area contributed by atoms with E-state index in [-0.39, 0.29) is 5.91 Å². The zero-order chi connectivity index (χ0) is 15.4. The fourth-order valence-corrected chi connectivity index (χ4v) is 2.91. The summed E-state index contributed by atoms with van der Waals surface area (Å²) in [6, 6.07) is 17.3. The molecule has 1 N–H and O–H groups in total. The van der Waals surface area contributed by atoms with E-state index in [1.165, 1.54) is 18.5 Å². The van der Waals surface area contributed by atoms with E-state index >= 15 is 0 Å². The van der Waals surface area contributed by atoms with Gasteiger partial charge >= 0.3 is 0 Å². The van der Waals surface area contributed by atoms with Crippen molar-refractivity contribution in [2.45, 2.75) is 18.2 Å². The van der Waals surface area contributed by atoms with Crippen LogP contribution in [0.5, 0.6) is 0 Å². The minimum atomic E-state index is -0.681. The van der Waals surface area contributed by atoms with Gasteiger partial charge in [0.25, 0.3) is 0 Å². The van der Waals surface area contributed by atoms with Gasteiger partial charge < -0.3 is 10.2 Å². The number of carbonyl (C=O) groups is 1. The minimum Gasteiger partial charge on any atom is -0.372 e. The number of hydrogen-bond acceptors (Lipinski definition) is 2. The molecule has 1 fully saturated rings. The first kappa shape index (κ1) is 14.9. The standard InChI is InChI=1S/C18H19ClN2O/c19-17(14-6-2-1-3-7-14)18(22)20-15-8-10-16(11-9-15)21-12-4-5-13-21/h1-3,6-11,17H,4-5,12-13H2,(H,20,22)/t17-/m1/s1. The van der Waals surface area contributed by atoms with E-state index in [0.29, 0.717) is 0 Å². The number of carbonyl (C=O) groups excluding carboxylic acids is 1. The fraction of sp³-hybridized carbons (Fsp3) is 0.278. The van der Waals surface area contributed by atoms with Crippen LogP contribution >= 0.6 is 11.6 Å². The summed E-state index contributed by atoms with van der Waals surface area (Å²) >= 11 is 6.22. The Hall–Kier alpha value is -2.00. The highest BCUT2D eigenvalue weighted by Gasteiger charge is 2.17. The first-order chi connectivity index (χ1) is 10.7. The van der Waals surface area contributed by atoms with E-state index < -0.39 is 5.38 Å². The summed E-state index contributed by atoms with van der Waals surface area (Å²) in [7, 11) is 0. The van der Waals surface area contributed by atoms with Gasteiger partial charge in [-0.05, 0) is 42.7 Å². The van der Waals surface area contributed by atoms with E-state index in [9.17, 15) is 4.79 Å². The molecule has 0 unspecified atom stereocenters. The molecule has 1 amide bonds. The predicted octanol–water partition coefficient (Wildman–Crippen LogP) is 4.21. The van der Waals surface area contributed by atoms with E-state index in [1.54, 1.807) is 0 Å². The summed E-state index contributed by atoms with van der Waals surface area (Å²) in [5, 5.41) is 2.19. The van der Waals surface area contributed by atoms with Gasteiger partial charge in [0.1, 0.15) is 5.38 Å². The lowest BCUT2D eigenvalue weighted by Gasteiger charge is -2.18. The van der Waals surface area contributed by atoms with Gasteiger partial charge in [-0.2, -0.15) is 0 Å². The second-order valence-corrected chi connectivity index (χ2v) is 5.94. The molecule has 0 radical (unpaired) electrons. The summed E-state index contributed by atoms with van der Waals surface area (Å²) in [5.41, 5.74) is 2.78. The number of nitrogens with one attached hydrogen (secondary N) is 1. The fourth-order valence-electron chi connectivity index (χ4n) is 2.71. The van der Waals surface area contributed by atoms with Gasteiger partial charge in [0.05, 0.1) is 0 Å². The van der Waals surface area contributed by atoms with Crippen molar-refractivity contribution in [2.24, 2.45) is 0 Å².